The van der Waals surface area contributed by atoms with Gasteiger partial charge in [-0.3, -0.25) is 0 Å². The zero-order chi connectivity index (χ0) is 17.8. The molecule has 26 heavy (non-hydrogen) atoms. The molecule has 1 aliphatic heterocycles. The highest BCUT2D eigenvalue weighted by Gasteiger charge is 2.34. The molecule has 3 heterocycles. The summed E-state index contributed by atoms with van der Waals surface area (Å²) in [7, 11) is 0. The van der Waals surface area contributed by atoms with Crippen LogP contribution in [0.2, 0.25) is 5.02 Å². The second-order valence-corrected chi connectivity index (χ2v) is 6.30. The maximum absolute atomic E-state index is 13.2. The zero-order valence-corrected chi connectivity index (χ0v) is 15.2. The number of alkyl halides is 3. The van der Waals surface area contributed by atoms with Crippen molar-refractivity contribution in [3.63, 3.8) is 0 Å². The van der Waals surface area contributed by atoms with Crippen molar-refractivity contribution >= 4 is 46.5 Å². The molecule has 2 aromatic heterocycles. The van der Waals surface area contributed by atoms with Gasteiger partial charge in [0.1, 0.15) is 5.82 Å². The van der Waals surface area contributed by atoms with Crippen LogP contribution in [0.1, 0.15) is 11.4 Å². The number of benzene rings is 1. The Kier molecular flexibility index (Phi) is 4.89. The molecule has 1 N–H and O–H groups in total. The van der Waals surface area contributed by atoms with E-state index in [1.807, 2.05) is 4.90 Å². The summed E-state index contributed by atoms with van der Waals surface area (Å²) in [5.74, 6) is 1.00. The Balaban J connectivity index is 0.00000196. The molecule has 4 rings (SSSR count). The Morgan fingerprint density at radius 3 is 2.50 bits per heavy atom. The smallest absolute Gasteiger partial charge is 0.338 e. The van der Waals surface area contributed by atoms with E-state index in [0.29, 0.717) is 35.9 Å². The number of rotatable bonds is 1. The van der Waals surface area contributed by atoms with Gasteiger partial charge in [0.25, 0.3) is 0 Å². The third kappa shape index (κ3) is 3.15. The molecule has 0 amide bonds. The normalized spacial score (nSPS) is 15.5. The monoisotopic (exact) mass is 406 g/mol. The van der Waals surface area contributed by atoms with Crippen LogP contribution in [0.15, 0.2) is 12.1 Å². The number of halogens is 5. The number of anilines is 1. The van der Waals surface area contributed by atoms with E-state index >= 15 is 0 Å². The van der Waals surface area contributed by atoms with Crippen molar-refractivity contribution in [1.82, 2.24) is 24.9 Å². The molecule has 1 aromatic carbocycles. The van der Waals surface area contributed by atoms with Crippen molar-refractivity contribution in [3.8, 4) is 0 Å². The topological polar surface area (TPSA) is 58.4 Å². The number of nitrogens with zero attached hydrogens (tertiary/aromatic N) is 5. The maximum atomic E-state index is 13.2. The zero-order valence-electron chi connectivity index (χ0n) is 13.6. The van der Waals surface area contributed by atoms with E-state index in [1.54, 1.807) is 11.4 Å². The van der Waals surface area contributed by atoms with Crippen molar-refractivity contribution < 1.29 is 13.2 Å². The molecule has 140 valence electrons. The third-order valence-electron chi connectivity index (χ3n) is 4.15. The van der Waals surface area contributed by atoms with Crippen LogP contribution >= 0.6 is 24.0 Å². The number of nitrogens with one attached hydrogen (secondary N) is 1. The fourth-order valence-corrected chi connectivity index (χ4v) is 3.27. The van der Waals surface area contributed by atoms with E-state index in [9.17, 15) is 13.2 Å². The molecule has 1 saturated heterocycles. The van der Waals surface area contributed by atoms with E-state index in [-0.39, 0.29) is 22.9 Å². The predicted octanol–water partition coefficient (Wildman–Crippen LogP) is 3.09. The van der Waals surface area contributed by atoms with Crippen LogP contribution in [-0.2, 0) is 6.18 Å². The van der Waals surface area contributed by atoms with Gasteiger partial charge in [-0.05, 0) is 19.1 Å². The lowest BCUT2D eigenvalue weighted by molar-refractivity contribution is -0.137. The van der Waals surface area contributed by atoms with Crippen LogP contribution in [0.25, 0.3) is 16.6 Å². The largest absolute Gasteiger partial charge is 0.417 e. The van der Waals surface area contributed by atoms with Gasteiger partial charge >= 0.3 is 6.18 Å². The van der Waals surface area contributed by atoms with Crippen LogP contribution in [0, 0.1) is 6.92 Å². The van der Waals surface area contributed by atoms with Gasteiger partial charge in [0.15, 0.2) is 5.65 Å². The van der Waals surface area contributed by atoms with Crippen LogP contribution < -0.4 is 10.2 Å². The summed E-state index contributed by atoms with van der Waals surface area (Å²) in [6, 6.07) is 2.24. The number of aryl methyl sites for hydroxylation is 1. The van der Waals surface area contributed by atoms with E-state index in [1.165, 1.54) is 6.07 Å². The highest BCUT2D eigenvalue weighted by Crippen LogP contribution is 2.38. The molecule has 6 nitrogen and oxygen atoms in total. The van der Waals surface area contributed by atoms with E-state index in [4.69, 9.17) is 11.6 Å². The summed E-state index contributed by atoms with van der Waals surface area (Å²) < 4.78 is 41.1. The maximum Gasteiger partial charge on any atom is 0.417 e. The van der Waals surface area contributed by atoms with Crippen molar-refractivity contribution in [1.29, 1.82) is 0 Å². The average molecular weight is 407 g/mol. The minimum Gasteiger partial charge on any atom is -0.338 e. The first-order chi connectivity index (χ1) is 11.8. The van der Waals surface area contributed by atoms with E-state index < -0.39 is 11.7 Å². The van der Waals surface area contributed by atoms with Gasteiger partial charge in [0.05, 0.1) is 16.1 Å². The molecule has 0 bridgehead atoms. The van der Waals surface area contributed by atoms with Gasteiger partial charge in [-0.2, -0.15) is 17.7 Å². The van der Waals surface area contributed by atoms with Crippen LogP contribution in [0.5, 0.6) is 0 Å². The quantitative estimate of drug-likeness (QED) is 0.672. The molecule has 0 radical (unpaired) electrons. The van der Waals surface area contributed by atoms with Crippen molar-refractivity contribution in [2.45, 2.75) is 13.1 Å². The van der Waals surface area contributed by atoms with Gasteiger partial charge in [0, 0.05) is 31.6 Å². The molecule has 0 atom stereocenters. The van der Waals surface area contributed by atoms with E-state index in [2.05, 4.69) is 20.4 Å². The third-order valence-corrected chi connectivity index (χ3v) is 4.47. The van der Waals surface area contributed by atoms with Crippen molar-refractivity contribution in [2.24, 2.45) is 0 Å². The molecule has 1 fully saturated rings. The average Bonchev–Trinajstić information content (AvgIpc) is 2.95. The standard InChI is InChI=1S/C15H14ClF3N6.ClH/c1-8-21-13-9-6-11(16)10(15(17,18)19)7-12(9)22-14(25(13)23-8)24-4-2-20-3-5-24;/h6-7,20H,2-5H2,1H3;1H. The Morgan fingerprint density at radius 1 is 1.15 bits per heavy atom. The van der Waals surface area contributed by atoms with Crippen molar-refractivity contribution in [2.75, 3.05) is 31.1 Å². The fourth-order valence-electron chi connectivity index (χ4n) is 3.00. The first-order valence-electron chi connectivity index (χ1n) is 7.74. The Bertz CT molecular complexity index is 966. The summed E-state index contributed by atoms with van der Waals surface area (Å²) in [4.78, 5) is 10.8. The highest BCUT2D eigenvalue weighted by atomic mass is 35.5. The summed E-state index contributed by atoms with van der Waals surface area (Å²) in [5, 5.41) is 7.65. The first kappa shape index (κ1) is 18.9. The molecule has 0 saturated carbocycles. The molecule has 0 spiro atoms. The molecule has 11 heteroatoms. The number of aromatic nitrogens is 4. The molecule has 0 aliphatic carbocycles. The molecule has 3 aromatic rings. The van der Waals surface area contributed by atoms with Crippen LogP contribution in [-0.4, -0.2) is 45.8 Å². The summed E-state index contributed by atoms with van der Waals surface area (Å²) in [6.07, 6.45) is -4.54. The lowest BCUT2D eigenvalue weighted by Crippen LogP contribution is -2.44. The number of hydrogen-bond donors (Lipinski definition) is 1. The Labute approximate surface area is 157 Å². The second kappa shape index (κ2) is 6.71. The Morgan fingerprint density at radius 2 is 1.85 bits per heavy atom. The second-order valence-electron chi connectivity index (χ2n) is 5.89. The Hall–Kier alpha value is -1.84. The van der Waals surface area contributed by atoms with Gasteiger partial charge < -0.3 is 10.2 Å². The van der Waals surface area contributed by atoms with Gasteiger partial charge in [-0.15, -0.1) is 17.5 Å². The molecule has 0 unspecified atom stereocenters. The first-order valence-corrected chi connectivity index (χ1v) is 8.12. The highest BCUT2D eigenvalue weighted by molar-refractivity contribution is 6.32. The van der Waals surface area contributed by atoms with E-state index in [0.717, 1.165) is 19.2 Å². The summed E-state index contributed by atoms with van der Waals surface area (Å²) in [5.41, 5.74) is -0.252. The minimum atomic E-state index is -4.54. The van der Waals surface area contributed by atoms with Crippen LogP contribution in [0.4, 0.5) is 19.1 Å². The van der Waals surface area contributed by atoms with Gasteiger partial charge in [-0.25, -0.2) is 9.97 Å². The molecular weight excluding hydrogens is 392 g/mol. The van der Waals surface area contributed by atoms with Crippen LogP contribution in [0.3, 0.4) is 0 Å². The van der Waals surface area contributed by atoms with Gasteiger partial charge in [0.2, 0.25) is 5.95 Å². The predicted molar refractivity (Wildman–Crippen MR) is 95.4 cm³/mol. The fraction of sp³-hybridized carbons (Fsp3) is 0.400. The molecular formula is C15H15Cl2F3N6. The lowest BCUT2D eigenvalue weighted by atomic mass is 10.1. The lowest BCUT2D eigenvalue weighted by Gasteiger charge is -2.28. The summed E-state index contributed by atoms with van der Waals surface area (Å²) in [6.45, 7) is 4.64. The molecule has 1 aliphatic rings. The van der Waals surface area contributed by atoms with Crippen molar-refractivity contribution in [3.05, 3.63) is 28.5 Å². The minimum absolute atomic E-state index is 0. The SMILES string of the molecule is Cc1nc2c3cc(Cl)c(C(F)(F)F)cc3nc(N3CCNCC3)n2n1.Cl. The summed E-state index contributed by atoms with van der Waals surface area (Å²) >= 11 is 5.86. The number of hydrogen-bond acceptors (Lipinski definition) is 5. The van der Waals surface area contributed by atoms with Gasteiger partial charge in [-0.1, -0.05) is 11.6 Å². The number of piperazine rings is 1. The number of fused-ring (bicyclic) bond motifs is 3.